The number of carbonyl (C=O) groups is 1. The monoisotopic (exact) mass is 304 g/mol. The number of carbonyl (C=O) groups excluding carboxylic acids is 1. The number of hydrogen-bond acceptors (Lipinski definition) is 4. The zero-order chi connectivity index (χ0) is 15.4. The molecule has 1 amide bonds. The standard InChI is InChI=1S/C17H24N2O3/c20-14-10-15(18-11-14)16(21)19-12-17(6-8-22-9-7-17)13-4-2-1-3-5-13/h1-5,14-15,18,20H,6-12H2,(H,19,21)/t14-,15+/m1/s1. The van der Waals surface area contributed by atoms with Crippen LogP contribution in [0.15, 0.2) is 30.3 Å². The van der Waals surface area contributed by atoms with Crippen LogP contribution >= 0.6 is 0 Å². The average Bonchev–Trinajstić information content (AvgIpc) is 3.01. The highest BCUT2D eigenvalue weighted by Crippen LogP contribution is 2.34. The van der Waals surface area contributed by atoms with E-state index in [1.165, 1.54) is 5.56 Å². The normalized spacial score (nSPS) is 27.5. The van der Waals surface area contributed by atoms with E-state index in [-0.39, 0.29) is 17.4 Å². The summed E-state index contributed by atoms with van der Waals surface area (Å²) in [5.41, 5.74) is 1.21. The Labute approximate surface area is 131 Å². The van der Waals surface area contributed by atoms with Gasteiger partial charge in [-0.25, -0.2) is 0 Å². The van der Waals surface area contributed by atoms with Gasteiger partial charge in [0.05, 0.1) is 12.1 Å². The fourth-order valence-corrected chi connectivity index (χ4v) is 3.42. The number of nitrogens with one attached hydrogen (secondary N) is 2. The van der Waals surface area contributed by atoms with Crippen molar-refractivity contribution >= 4 is 5.91 Å². The molecule has 0 aliphatic carbocycles. The fourth-order valence-electron chi connectivity index (χ4n) is 3.42. The number of rotatable bonds is 4. The number of amides is 1. The van der Waals surface area contributed by atoms with Crippen LogP contribution in [0.3, 0.4) is 0 Å². The molecule has 0 unspecified atom stereocenters. The van der Waals surface area contributed by atoms with Crippen molar-refractivity contribution in [2.45, 2.75) is 36.8 Å². The number of β-amino-alcohol motifs (C(OH)–C–C–N with tert-alkyl or cyclic N) is 1. The summed E-state index contributed by atoms with van der Waals surface area (Å²) in [6, 6.07) is 10.1. The number of aliphatic hydroxyl groups excluding tert-OH is 1. The van der Waals surface area contributed by atoms with Crippen LogP contribution in [-0.4, -0.2) is 49.5 Å². The van der Waals surface area contributed by atoms with Crippen LogP contribution in [0.25, 0.3) is 0 Å². The minimum atomic E-state index is -0.415. The molecular weight excluding hydrogens is 280 g/mol. The Morgan fingerprint density at radius 1 is 1.32 bits per heavy atom. The lowest BCUT2D eigenvalue weighted by molar-refractivity contribution is -0.123. The molecule has 5 nitrogen and oxygen atoms in total. The van der Waals surface area contributed by atoms with Gasteiger partial charge in [-0.3, -0.25) is 4.79 Å². The molecule has 3 N–H and O–H groups in total. The van der Waals surface area contributed by atoms with Gasteiger partial charge < -0.3 is 20.5 Å². The van der Waals surface area contributed by atoms with Gasteiger partial charge in [-0.1, -0.05) is 30.3 Å². The van der Waals surface area contributed by atoms with E-state index in [0.717, 1.165) is 26.1 Å². The topological polar surface area (TPSA) is 70.6 Å². The van der Waals surface area contributed by atoms with Gasteiger partial charge in [-0.05, 0) is 24.8 Å². The zero-order valence-electron chi connectivity index (χ0n) is 12.8. The van der Waals surface area contributed by atoms with Gasteiger partial charge in [-0.2, -0.15) is 0 Å². The third-order valence-corrected chi connectivity index (χ3v) is 4.86. The lowest BCUT2D eigenvalue weighted by Crippen LogP contribution is -2.48. The third-order valence-electron chi connectivity index (χ3n) is 4.86. The minimum Gasteiger partial charge on any atom is -0.392 e. The molecule has 0 saturated carbocycles. The van der Waals surface area contributed by atoms with Crippen molar-refractivity contribution in [1.82, 2.24) is 10.6 Å². The van der Waals surface area contributed by atoms with Crippen LogP contribution in [0.5, 0.6) is 0 Å². The maximum atomic E-state index is 12.3. The second-order valence-corrected chi connectivity index (χ2v) is 6.33. The molecule has 0 radical (unpaired) electrons. The predicted molar refractivity (Wildman–Crippen MR) is 83.6 cm³/mol. The van der Waals surface area contributed by atoms with Gasteiger partial charge in [0.15, 0.2) is 0 Å². The van der Waals surface area contributed by atoms with Crippen molar-refractivity contribution in [3.05, 3.63) is 35.9 Å². The first kappa shape index (κ1) is 15.5. The highest BCUT2D eigenvalue weighted by Gasteiger charge is 2.36. The molecule has 2 aliphatic heterocycles. The maximum absolute atomic E-state index is 12.3. The molecule has 1 aromatic rings. The van der Waals surface area contributed by atoms with Gasteiger partial charge >= 0.3 is 0 Å². The number of aliphatic hydroxyl groups is 1. The average molecular weight is 304 g/mol. The molecule has 3 rings (SSSR count). The van der Waals surface area contributed by atoms with Gasteiger partial charge in [-0.15, -0.1) is 0 Å². The van der Waals surface area contributed by atoms with Crippen molar-refractivity contribution in [1.29, 1.82) is 0 Å². The van der Waals surface area contributed by atoms with Crippen LogP contribution in [0.1, 0.15) is 24.8 Å². The van der Waals surface area contributed by atoms with E-state index in [4.69, 9.17) is 4.74 Å². The molecule has 2 heterocycles. The van der Waals surface area contributed by atoms with Crippen molar-refractivity contribution < 1.29 is 14.6 Å². The smallest absolute Gasteiger partial charge is 0.237 e. The van der Waals surface area contributed by atoms with Crippen LogP contribution in [0, 0.1) is 0 Å². The molecule has 2 saturated heterocycles. The summed E-state index contributed by atoms with van der Waals surface area (Å²) in [5.74, 6) is -0.0154. The third kappa shape index (κ3) is 3.32. The molecule has 0 spiro atoms. The summed E-state index contributed by atoms with van der Waals surface area (Å²) in [4.78, 5) is 12.3. The zero-order valence-corrected chi connectivity index (χ0v) is 12.8. The molecule has 120 valence electrons. The first-order valence-electron chi connectivity index (χ1n) is 8.02. The van der Waals surface area contributed by atoms with Gasteiger partial charge in [0.1, 0.15) is 0 Å². The lowest BCUT2D eigenvalue weighted by Gasteiger charge is -2.38. The number of benzene rings is 1. The van der Waals surface area contributed by atoms with Crippen LogP contribution in [-0.2, 0) is 14.9 Å². The fraction of sp³-hybridized carbons (Fsp3) is 0.588. The SMILES string of the molecule is O=C(NCC1(c2ccccc2)CCOCC1)[C@@H]1C[C@@H](O)CN1. The molecular formula is C17H24N2O3. The van der Waals surface area contributed by atoms with Crippen LogP contribution in [0.4, 0.5) is 0 Å². The summed E-state index contributed by atoms with van der Waals surface area (Å²) in [6.07, 6.45) is 1.91. The Balaban J connectivity index is 1.67. The highest BCUT2D eigenvalue weighted by atomic mass is 16.5. The largest absolute Gasteiger partial charge is 0.392 e. The second kappa shape index (κ2) is 6.77. The maximum Gasteiger partial charge on any atom is 0.237 e. The highest BCUT2D eigenvalue weighted by molar-refractivity contribution is 5.82. The van der Waals surface area contributed by atoms with Gasteiger partial charge in [0.2, 0.25) is 5.91 Å². The van der Waals surface area contributed by atoms with Gasteiger partial charge in [0, 0.05) is 31.7 Å². The van der Waals surface area contributed by atoms with E-state index in [9.17, 15) is 9.90 Å². The molecule has 0 bridgehead atoms. The number of ether oxygens (including phenoxy) is 1. The summed E-state index contributed by atoms with van der Waals surface area (Å²) >= 11 is 0. The van der Waals surface area contributed by atoms with E-state index < -0.39 is 6.10 Å². The molecule has 2 atom stereocenters. The van der Waals surface area contributed by atoms with E-state index in [2.05, 4.69) is 22.8 Å². The van der Waals surface area contributed by atoms with Crippen molar-refractivity contribution in [3.63, 3.8) is 0 Å². The molecule has 2 fully saturated rings. The van der Waals surface area contributed by atoms with Crippen LogP contribution in [0.2, 0.25) is 0 Å². The number of hydrogen-bond donors (Lipinski definition) is 3. The Hall–Kier alpha value is -1.43. The Morgan fingerprint density at radius 3 is 2.68 bits per heavy atom. The quantitative estimate of drug-likeness (QED) is 0.761. The van der Waals surface area contributed by atoms with Crippen LogP contribution < -0.4 is 10.6 Å². The Bertz CT molecular complexity index is 500. The van der Waals surface area contributed by atoms with Crippen molar-refractivity contribution in [3.8, 4) is 0 Å². The van der Waals surface area contributed by atoms with E-state index in [1.807, 2.05) is 18.2 Å². The molecule has 1 aromatic carbocycles. The summed E-state index contributed by atoms with van der Waals surface area (Å²) in [6.45, 7) is 2.57. The molecule has 5 heteroatoms. The molecule has 0 aromatic heterocycles. The van der Waals surface area contributed by atoms with Crippen molar-refractivity contribution in [2.24, 2.45) is 0 Å². The summed E-state index contributed by atoms with van der Waals surface area (Å²) in [5, 5.41) is 15.7. The summed E-state index contributed by atoms with van der Waals surface area (Å²) in [7, 11) is 0. The van der Waals surface area contributed by atoms with Gasteiger partial charge in [0.25, 0.3) is 0 Å². The molecule has 22 heavy (non-hydrogen) atoms. The van der Waals surface area contributed by atoms with E-state index in [1.54, 1.807) is 0 Å². The van der Waals surface area contributed by atoms with E-state index in [0.29, 0.717) is 19.5 Å². The lowest BCUT2D eigenvalue weighted by atomic mass is 9.74. The molecule has 2 aliphatic rings. The Morgan fingerprint density at radius 2 is 2.05 bits per heavy atom. The summed E-state index contributed by atoms with van der Waals surface area (Å²) < 4.78 is 5.51. The minimum absolute atomic E-state index is 0.0154. The second-order valence-electron chi connectivity index (χ2n) is 6.33. The first-order chi connectivity index (χ1) is 10.7. The predicted octanol–water partition coefficient (Wildman–Crippen LogP) is 0.574. The van der Waals surface area contributed by atoms with E-state index >= 15 is 0 Å². The first-order valence-corrected chi connectivity index (χ1v) is 8.02. The Kier molecular flexibility index (Phi) is 4.76. The van der Waals surface area contributed by atoms with Crippen molar-refractivity contribution in [2.75, 3.05) is 26.3 Å².